The molecule has 10 heteroatoms. The van der Waals surface area contributed by atoms with E-state index in [1.807, 2.05) is 39.0 Å². The van der Waals surface area contributed by atoms with E-state index < -0.39 is 27.7 Å². The van der Waals surface area contributed by atoms with Crippen LogP contribution in [0.5, 0.6) is 5.75 Å². The summed E-state index contributed by atoms with van der Waals surface area (Å²) in [6.07, 6.45) is 0. The van der Waals surface area contributed by atoms with E-state index in [0.717, 1.165) is 23.3 Å². The molecule has 0 atom stereocenters. The number of carbonyl (C=O) groups is 2. The molecule has 3 aromatic carbocycles. The second-order valence-corrected chi connectivity index (χ2v) is 9.78. The Balaban J connectivity index is 1.61. The number of benzene rings is 3. The quantitative estimate of drug-likeness (QED) is 0.407. The van der Waals surface area contributed by atoms with E-state index in [-0.39, 0.29) is 28.7 Å². The minimum Gasteiger partial charge on any atom is -0.483 e. The first-order valence-electron chi connectivity index (χ1n) is 10.8. The first-order chi connectivity index (χ1) is 16.6. The highest BCUT2D eigenvalue weighted by Gasteiger charge is 2.18. The Morgan fingerprint density at radius 3 is 2.43 bits per heavy atom. The minimum atomic E-state index is -4.15. The fourth-order valence-corrected chi connectivity index (χ4v) is 4.29. The summed E-state index contributed by atoms with van der Waals surface area (Å²) in [4.78, 5) is 24.4. The zero-order valence-corrected chi connectivity index (χ0v) is 20.3. The van der Waals surface area contributed by atoms with Crippen LogP contribution < -0.4 is 20.3 Å². The van der Waals surface area contributed by atoms with Gasteiger partial charge in [0.15, 0.2) is 6.61 Å². The number of hydrogen-bond acceptors (Lipinski definition) is 5. The van der Waals surface area contributed by atoms with E-state index in [4.69, 9.17) is 4.74 Å². The summed E-state index contributed by atoms with van der Waals surface area (Å²) >= 11 is 0. The van der Waals surface area contributed by atoms with Crippen molar-refractivity contribution in [2.75, 3.05) is 11.3 Å². The summed E-state index contributed by atoms with van der Waals surface area (Å²) in [5.41, 5.74) is 6.16. The van der Waals surface area contributed by atoms with Crippen LogP contribution in [0.4, 0.5) is 10.1 Å². The molecule has 0 saturated heterocycles. The number of nitrogens with one attached hydrogen (secondary N) is 3. The fourth-order valence-electron chi connectivity index (χ4n) is 3.17. The van der Waals surface area contributed by atoms with Crippen molar-refractivity contribution >= 4 is 27.5 Å². The zero-order chi connectivity index (χ0) is 25.6. The van der Waals surface area contributed by atoms with Gasteiger partial charge in [-0.2, -0.15) is 0 Å². The van der Waals surface area contributed by atoms with E-state index in [9.17, 15) is 22.4 Å². The van der Waals surface area contributed by atoms with Gasteiger partial charge in [-0.25, -0.2) is 12.8 Å². The van der Waals surface area contributed by atoms with Gasteiger partial charge in [0.1, 0.15) is 11.6 Å². The van der Waals surface area contributed by atoms with E-state index in [2.05, 4.69) is 15.6 Å². The number of ether oxygens (including phenoxy) is 1. The molecule has 0 aromatic heterocycles. The van der Waals surface area contributed by atoms with Crippen LogP contribution in [-0.2, 0) is 14.8 Å². The molecule has 0 spiro atoms. The zero-order valence-electron chi connectivity index (χ0n) is 19.5. The topological polar surface area (TPSA) is 114 Å². The van der Waals surface area contributed by atoms with Crippen molar-refractivity contribution < 1.29 is 27.1 Å². The first kappa shape index (κ1) is 25.7. The molecular weight excluding hydrogens is 473 g/mol. The predicted octanol–water partition coefficient (Wildman–Crippen LogP) is 3.90. The van der Waals surface area contributed by atoms with E-state index in [0.29, 0.717) is 5.75 Å². The van der Waals surface area contributed by atoms with Crippen molar-refractivity contribution in [1.29, 1.82) is 0 Å². The van der Waals surface area contributed by atoms with Gasteiger partial charge in [-0.1, -0.05) is 44.2 Å². The number of sulfonamides is 1. The van der Waals surface area contributed by atoms with Gasteiger partial charge in [-0.15, -0.1) is 0 Å². The maximum atomic E-state index is 13.8. The molecule has 0 aliphatic carbocycles. The number of rotatable bonds is 8. The smallest absolute Gasteiger partial charge is 0.276 e. The standard InChI is InChI=1S/C25H26FN3O5S/c1-16(2)20-12-11-17(3)13-23(20)34-15-24(30)27-28-25(31)18-7-6-8-19(14-18)35(32,33)29-22-10-5-4-9-21(22)26/h4-14,16,29H,15H2,1-3H3,(H,27,30)(H,28,31). The van der Waals surface area contributed by atoms with E-state index >= 15 is 0 Å². The molecule has 0 heterocycles. The minimum absolute atomic E-state index is 0.0246. The Morgan fingerprint density at radius 1 is 0.971 bits per heavy atom. The molecule has 0 radical (unpaired) electrons. The van der Waals surface area contributed by atoms with Crippen LogP contribution >= 0.6 is 0 Å². The molecule has 3 aromatic rings. The summed E-state index contributed by atoms with van der Waals surface area (Å²) in [5, 5.41) is 0. The predicted molar refractivity (Wildman–Crippen MR) is 130 cm³/mol. The Morgan fingerprint density at radius 2 is 1.71 bits per heavy atom. The number of aryl methyl sites for hydroxylation is 1. The largest absolute Gasteiger partial charge is 0.483 e. The molecule has 35 heavy (non-hydrogen) atoms. The van der Waals surface area contributed by atoms with Gasteiger partial charge in [-0.3, -0.25) is 25.2 Å². The van der Waals surface area contributed by atoms with Gasteiger partial charge in [0, 0.05) is 5.56 Å². The molecule has 0 aliphatic rings. The van der Waals surface area contributed by atoms with Crippen molar-refractivity contribution in [3.8, 4) is 5.75 Å². The fraction of sp³-hybridized carbons (Fsp3) is 0.200. The first-order valence-corrected chi connectivity index (χ1v) is 12.2. The SMILES string of the molecule is Cc1ccc(C(C)C)c(OCC(=O)NNC(=O)c2cccc(S(=O)(=O)Nc3ccccc3F)c2)c1. The Labute approximate surface area is 203 Å². The normalized spacial score (nSPS) is 11.1. The van der Waals surface area contributed by atoms with E-state index in [1.165, 1.54) is 36.4 Å². The summed E-state index contributed by atoms with van der Waals surface area (Å²) in [5.74, 6) is -1.29. The average molecular weight is 500 g/mol. The lowest BCUT2D eigenvalue weighted by atomic mass is 10.0. The van der Waals surface area contributed by atoms with Gasteiger partial charge in [0.2, 0.25) is 0 Å². The maximum absolute atomic E-state index is 13.8. The molecule has 3 rings (SSSR count). The molecule has 0 saturated carbocycles. The van der Waals surface area contributed by atoms with Crippen LogP contribution in [0.15, 0.2) is 71.6 Å². The Hall–Kier alpha value is -3.92. The number of hydrogen-bond donors (Lipinski definition) is 3. The van der Waals surface area contributed by atoms with Crippen molar-refractivity contribution in [3.05, 3.63) is 89.2 Å². The highest BCUT2D eigenvalue weighted by Crippen LogP contribution is 2.27. The molecule has 0 aliphatic heterocycles. The number of hydrazine groups is 1. The molecule has 3 N–H and O–H groups in total. The Bertz CT molecular complexity index is 1340. The molecule has 2 amide bonds. The van der Waals surface area contributed by atoms with Crippen molar-refractivity contribution in [3.63, 3.8) is 0 Å². The second kappa shape index (κ2) is 11.0. The number of halogens is 1. The Kier molecular flexibility index (Phi) is 8.08. The number of anilines is 1. The number of para-hydroxylation sites is 1. The van der Waals surface area contributed by atoms with Crippen LogP contribution in [0.25, 0.3) is 0 Å². The number of amides is 2. The van der Waals surface area contributed by atoms with Crippen LogP contribution in [0, 0.1) is 12.7 Å². The molecule has 0 fully saturated rings. The third kappa shape index (κ3) is 6.80. The second-order valence-electron chi connectivity index (χ2n) is 8.10. The maximum Gasteiger partial charge on any atom is 0.276 e. The van der Waals surface area contributed by atoms with Gasteiger partial charge in [0.05, 0.1) is 10.6 Å². The highest BCUT2D eigenvalue weighted by atomic mass is 32.2. The molecule has 184 valence electrons. The third-order valence-corrected chi connectivity index (χ3v) is 6.35. The molecule has 8 nitrogen and oxygen atoms in total. The summed E-state index contributed by atoms with van der Waals surface area (Å²) in [6, 6.07) is 16.2. The summed E-state index contributed by atoms with van der Waals surface area (Å²) < 4.78 is 46.8. The average Bonchev–Trinajstić information content (AvgIpc) is 2.82. The lowest BCUT2D eigenvalue weighted by Gasteiger charge is -2.15. The van der Waals surface area contributed by atoms with Crippen LogP contribution in [-0.4, -0.2) is 26.8 Å². The van der Waals surface area contributed by atoms with Gasteiger partial charge < -0.3 is 4.74 Å². The monoisotopic (exact) mass is 499 g/mol. The molecular formula is C25H26FN3O5S. The van der Waals surface area contributed by atoms with Crippen LogP contribution in [0.1, 0.15) is 41.3 Å². The lowest BCUT2D eigenvalue weighted by molar-refractivity contribution is -0.123. The van der Waals surface area contributed by atoms with Gasteiger partial charge in [0.25, 0.3) is 21.8 Å². The summed E-state index contributed by atoms with van der Waals surface area (Å²) in [7, 11) is -4.15. The van der Waals surface area contributed by atoms with Gasteiger partial charge in [-0.05, 0) is 60.4 Å². The highest BCUT2D eigenvalue weighted by molar-refractivity contribution is 7.92. The van der Waals surface area contributed by atoms with Crippen molar-refractivity contribution in [1.82, 2.24) is 10.9 Å². The van der Waals surface area contributed by atoms with Crippen molar-refractivity contribution in [2.45, 2.75) is 31.6 Å². The summed E-state index contributed by atoms with van der Waals surface area (Å²) in [6.45, 7) is 5.61. The lowest BCUT2D eigenvalue weighted by Crippen LogP contribution is -2.43. The van der Waals surface area contributed by atoms with Crippen molar-refractivity contribution in [2.24, 2.45) is 0 Å². The number of carbonyl (C=O) groups excluding carboxylic acids is 2. The molecule has 0 unspecified atom stereocenters. The third-order valence-electron chi connectivity index (χ3n) is 4.99. The molecule has 0 bridgehead atoms. The van der Waals surface area contributed by atoms with Gasteiger partial charge >= 0.3 is 0 Å². The van der Waals surface area contributed by atoms with Crippen LogP contribution in [0.3, 0.4) is 0 Å². The van der Waals surface area contributed by atoms with E-state index in [1.54, 1.807) is 0 Å². The van der Waals surface area contributed by atoms with Crippen LogP contribution in [0.2, 0.25) is 0 Å².